The molecule has 1 N–H and O–H groups in total. The first kappa shape index (κ1) is 15.2. The zero-order valence-corrected chi connectivity index (χ0v) is 12.8. The van der Waals surface area contributed by atoms with Crippen LogP contribution in [-0.2, 0) is 6.42 Å². The molecule has 1 aromatic heterocycles. The van der Waals surface area contributed by atoms with Crippen molar-refractivity contribution in [3.05, 3.63) is 44.4 Å². The molecular weight excluding hydrogens is 290 g/mol. The van der Waals surface area contributed by atoms with Gasteiger partial charge < -0.3 is 10.1 Å². The minimum Gasteiger partial charge on any atom is -0.487 e. The molecule has 1 aromatic carbocycles. The van der Waals surface area contributed by atoms with E-state index in [2.05, 4.69) is 10.3 Å². The molecule has 7 heteroatoms. The predicted octanol–water partition coefficient (Wildman–Crippen LogP) is 3.41. The molecule has 0 bridgehead atoms. The van der Waals surface area contributed by atoms with Crippen molar-refractivity contribution in [1.82, 2.24) is 4.98 Å². The lowest BCUT2D eigenvalue weighted by atomic mass is 10.2. The number of nitrogens with zero attached hydrogens (tertiary/aromatic N) is 2. The number of benzene rings is 1. The fourth-order valence-electron chi connectivity index (χ4n) is 1.88. The van der Waals surface area contributed by atoms with Crippen LogP contribution in [0.15, 0.2) is 23.6 Å². The van der Waals surface area contributed by atoms with Crippen LogP contribution in [0.1, 0.15) is 17.6 Å². The number of rotatable bonds is 7. The molecule has 0 spiro atoms. The van der Waals surface area contributed by atoms with E-state index in [0.29, 0.717) is 6.61 Å². The van der Waals surface area contributed by atoms with Crippen molar-refractivity contribution in [2.24, 2.45) is 0 Å². The number of nitrogens with one attached hydrogen (secondary N) is 1. The predicted molar refractivity (Wildman–Crippen MR) is 83.3 cm³/mol. The third-order valence-electron chi connectivity index (χ3n) is 2.79. The number of hydrogen-bond donors (Lipinski definition) is 1. The molecule has 2 rings (SSSR count). The van der Waals surface area contributed by atoms with Gasteiger partial charge in [0.25, 0.3) is 0 Å². The van der Waals surface area contributed by atoms with Crippen LogP contribution in [0, 0.1) is 17.0 Å². The van der Waals surface area contributed by atoms with Crippen molar-refractivity contribution in [1.29, 1.82) is 0 Å². The largest absolute Gasteiger partial charge is 0.487 e. The first-order chi connectivity index (χ1) is 10.1. The van der Waals surface area contributed by atoms with E-state index in [0.717, 1.165) is 29.4 Å². The summed E-state index contributed by atoms with van der Waals surface area (Å²) in [5, 5.41) is 17.2. The number of thiazole rings is 1. The second kappa shape index (κ2) is 7.03. The zero-order chi connectivity index (χ0) is 15.2. The van der Waals surface area contributed by atoms with Crippen LogP contribution in [0.3, 0.4) is 0 Å². The number of aryl methyl sites for hydroxylation is 1. The van der Waals surface area contributed by atoms with Gasteiger partial charge in [0.05, 0.1) is 16.5 Å². The second-order valence-electron chi connectivity index (χ2n) is 4.43. The molecule has 2 aromatic rings. The Balaban J connectivity index is 1.99. The first-order valence-electron chi connectivity index (χ1n) is 6.66. The Morgan fingerprint density at radius 3 is 2.90 bits per heavy atom. The van der Waals surface area contributed by atoms with Crippen LogP contribution in [0.5, 0.6) is 5.75 Å². The molecular formula is C14H17N3O3S. The zero-order valence-electron chi connectivity index (χ0n) is 12.0. The van der Waals surface area contributed by atoms with Crippen LogP contribution in [0.2, 0.25) is 0 Å². The summed E-state index contributed by atoms with van der Waals surface area (Å²) >= 11 is 1.64. The molecule has 112 valence electrons. The molecule has 1 heterocycles. The van der Waals surface area contributed by atoms with Crippen LogP contribution in [-0.4, -0.2) is 23.1 Å². The lowest BCUT2D eigenvalue weighted by Gasteiger charge is -2.08. The lowest BCUT2D eigenvalue weighted by Crippen LogP contribution is -2.05. The number of aromatic nitrogens is 1. The maximum atomic E-state index is 10.9. The highest BCUT2D eigenvalue weighted by molar-refractivity contribution is 7.09. The van der Waals surface area contributed by atoms with Gasteiger partial charge in [-0.15, -0.1) is 11.3 Å². The average molecular weight is 307 g/mol. The Morgan fingerprint density at radius 1 is 1.48 bits per heavy atom. The van der Waals surface area contributed by atoms with Gasteiger partial charge in [0, 0.05) is 41.9 Å². The molecule has 0 aliphatic rings. The second-order valence-corrected chi connectivity index (χ2v) is 5.37. The third-order valence-corrected chi connectivity index (χ3v) is 3.82. The smallest absolute Gasteiger partial charge is 0.311 e. The monoisotopic (exact) mass is 307 g/mol. The van der Waals surface area contributed by atoms with Gasteiger partial charge in [-0.1, -0.05) is 0 Å². The van der Waals surface area contributed by atoms with E-state index in [-0.39, 0.29) is 11.4 Å². The average Bonchev–Trinajstić information content (AvgIpc) is 2.85. The highest BCUT2D eigenvalue weighted by atomic mass is 32.1. The molecule has 0 radical (unpaired) electrons. The summed E-state index contributed by atoms with van der Waals surface area (Å²) in [7, 11) is 0. The Kier molecular flexibility index (Phi) is 5.10. The van der Waals surface area contributed by atoms with Gasteiger partial charge in [-0.3, -0.25) is 10.1 Å². The Labute approximate surface area is 126 Å². The lowest BCUT2D eigenvalue weighted by molar-refractivity contribution is -0.385. The summed E-state index contributed by atoms with van der Waals surface area (Å²) in [6, 6.07) is 4.81. The number of hydrogen-bond acceptors (Lipinski definition) is 6. The number of ether oxygens (including phenoxy) is 1. The fraction of sp³-hybridized carbons (Fsp3) is 0.357. The number of nitro benzene ring substituents is 1. The van der Waals surface area contributed by atoms with E-state index in [4.69, 9.17) is 4.74 Å². The van der Waals surface area contributed by atoms with Crippen molar-refractivity contribution in [2.75, 3.05) is 18.5 Å². The van der Waals surface area contributed by atoms with Gasteiger partial charge in [-0.2, -0.15) is 0 Å². The van der Waals surface area contributed by atoms with Crippen LogP contribution in [0.4, 0.5) is 11.4 Å². The summed E-state index contributed by atoms with van der Waals surface area (Å²) in [6.07, 6.45) is 0.819. The quantitative estimate of drug-likeness (QED) is 0.626. The molecule has 0 fully saturated rings. The normalized spacial score (nSPS) is 10.4. The summed E-state index contributed by atoms with van der Waals surface area (Å²) in [6.45, 7) is 4.88. The Bertz CT molecular complexity index is 628. The van der Waals surface area contributed by atoms with Crippen molar-refractivity contribution in [3.8, 4) is 5.75 Å². The maximum absolute atomic E-state index is 10.9. The minimum atomic E-state index is -0.437. The molecule has 0 aliphatic carbocycles. The molecule has 6 nitrogen and oxygen atoms in total. The molecule has 0 saturated carbocycles. The topological polar surface area (TPSA) is 77.3 Å². The van der Waals surface area contributed by atoms with Gasteiger partial charge in [-0.25, -0.2) is 4.98 Å². The van der Waals surface area contributed by atoms with Crippen LogP contribution < -0.4 is 10.1 Å². The van der Waals surface area contributed by atoms with Gasteiger partial charge in [0.15, 0.2) is 5.75 Å². The van der Waals surface area contributed by atoms with Crippen molar-refractivity contribution < 1.29 is 9.66 Å². The molecule has 0 unspecified atom stereocenters. The van der Waals surface area contributed by atoms with Gasteiger partial charge in [0.1, 0.15) is 0 Å². The van der Waals surface area contributed by atoms with E-state index in [1.807, 2.05) is 12.3 Å². The molecule has 21 heavy (non-hydrogen) atoms. The van der Waals surface area contributed by atoms with E-state index in [1.165, 1.54) is 6.07 Å². The summed E-state index contributed by atoms with van der Waals surface area (Å²) in [5.74, 6) is 0.289. The van der Waals surface area contributed by atoms with Crippen molar-refractivity contribution in [2.45, 2.75) is 20.3 Å². The minimum absolute atomic E-state index is 0.0158. The van der Waals surface area contributed by atoms with Gasteiger partial charge >= 0.3 is 5.69 Å². The number of anilines is 1. The highest BCUT2D eigenvalue weighted by Crippen LogP contribution is 2.30. The van der Waals surface area contributed by atoms with Gasteiger partial charge in [-0.05, 0) is 19.9 Å². The van der Waals surface area contributed by atoms with E-state index >= 15 is 0 Å². The third kappa shape index (κ3) is 4.16. The summed E-state index contributed by atoms with van der Waals surface area (Å²) in [4.78, 5) is 14.9. The summed E-state index contributed by atoms with van der Waals surface area (Å²) in [5.41, 5.74) is 1.82. The summed E-state index contributed by atoms with van der Waals surface area (Å²) < 4.78 is 5.31. The van der Waals surface area contributed by atoms with Gasteiger partial charge in [0.2, 0.25) is 0 Å². The van der Waals surface area contributed by atoms with Crippen molar-refractivity contribution >= 4 is 22.7 Å². The molecule has 0 saturated heterocycles. The Morgan fingerprint density at radius 2 is 2.29 bits per heavy atom. The van der Waals surface area contributed by atoms with Crippen LogP contribution >= 0.6 is 11.3 Å². The fourth-order valence-corrected chi connectivity index (χ4v) is 2.65. The molecule has 0 atom stereocenters. The Hall–Kier alpha value is -2.15. The maximum Gasteiger partial charge on any atom is 0.311 e. The number of nitro groups is 1. The van der Waals surface area contributed by atoms with Crippen molar-refractivity contribution in [3.63, 3.8) is 0 Å². The SMILES string of the molecule is CCOc1cc(NCCc2nc(C)cs2)ccc1[N+](=O)[O-]. The van der Waals surface area contributed by atoms with E-state index in [1.54, 1.807) is 30.4 Å². The van der Waals surface area contributed by atoms with Crippen LogP contribution in [0.25, 0.3) is 0 Å². The van der Waals surface area contributed by atoms with E-state index < -0.39 is 4.92 Å². The first-order valence-corrected chi connectivity index (χ1v) is 7.54. The van der Waals surface area contributed by atoms with E-state index in [9.17, 15) is 10.1 Å². The molecule has 0 aliphatic heterocycles. The molecule has 0 amide bonds. The standard InChI is InChI=1S/C14H17N3O3S/c1-3-20-13-8-11(4-5-12(13)17(18)19)15-7-6-14-16-10(2)9-21-14/h4-5,8-9,15H,3,6-7H2,1-2H3. The highest BCUT2D eigenvalue weighted by Gasteiger charge is 2.15.